The Hall–Kier alpha value is -3.60. The number of aromatic nitrogens is 2. The number of hydrogen-bond donors (Lipinski definition) is 1. The molecule has 5 heteroatoms. The highest BCUT2D eigenvalue weighted by atomic mass is 19.1. The van der Waals surface area contributed by atoms with Crippen LogP contribution in [-0.4, -0.2) is 15.9 Å². The fraction of sp³-hybridized carbons (Fsp3) is 0.250. The van der Waals surface area contributed by atoms with Crippen molar-refractivity contribution in [3.63, 3.8) is 0 Å². The van der Waals surface area contributed by atoms with E-state index in [2.05, 4.69) is 30.2 Å². The average Bonchev–Trinajstić information content (AvgIpc) is 3.49. The molecule has 1 saturated carbocycles. The Bertz CT molecular complexity index is 1320. The predicted molar refractivity (Wildman–Crippen MR) is 128 cm³/mol. The van der Waals surface area contributed by atoms with Gasteiger partial charge in [-0.15, -0.1) is 0 Å². The molecule has 33 heavy (non-hydrogen) atoms. The Morgan fingerprint density at radius 1 is 1.06 bits per heavy atom. The minimum absolute atomic E-state index is 0.200. The molecular weight excluding hydrogens is 413 g/mol. The number of carbonyl (C=O) groups excluding carboxylic acids is 1. The fourth-order valence-corrected chi connectivity index (χ4v) is 4.49. The van der Waals surface area contributed by atoms with Gasteiger partial charge in [0.1, 0.15) is 6.67 Å². The first-order valence-corrected chi connectivity index (χ1v) is 11.2. The van der Waals surface area contributed by atoms with Crippen molar-refractivity contribution in [3.8, 4) is 0 Å². The molecule has 5 rings (SSSR count). The van der Waals surface area contributed by atoms with Gasteiger partial charge in [0.05, 0.1) is 17.3 Å². The van der Waals surface area contributed by atoms with E-state index in [0.29, 0.717) is 17.0 Å². The zero-order chi connectivity index (χ0) is 23.0. The molecule has 0 aliphatic heterocycles. The van der Waals surface area contributed by atoms with Gasteiger partial charge in [-0.3, -0.25) is 14.8 Å². The number of benzene rings is 2. The first-order chi connectivity index (χ1) is 16.0. The number of nitrogens with one attached hydrogen (secondary N) is 1. The number of alkyl halides is 1. The highest BCUT2D eigenvalue weighted by molar-refractivity contribution is 5.98. The number of fused-ring (bicyclic) bond motifs is 1. The summed E-state index contributed by atoms with van der Waals surface area (Å²) >= 11 is 0. The van der Waals surface area contributed by atoms with Crippen LogP contribution in [0.15, 0.2) is 79.1 Å². The highest BCUT2D eigenvalue weighted by Crippen LogP contribution is 2.59. The molecule has 0 unspecified atom stereocenters. The molecule has 1 N–H and O–H groups in total. The standard InChI is InChI=1S/C28H26FN3O/c1-28(2)16-23(28)22-6-4-14-31-26(22)25(20-9-7-18(17-29)8-10-20)32-27(33)21-12-11-19-5-3-13-30-24(19)15-21/h3-15,23,25H,16-17H2,1-2H3,(H,32,33)/t23-,25-/m0/s1. The van der Waals surface area contributed by atoms with E-state index in [1.165, 1.54) is 0 Å². The van der Waals surface area contributed by atoms with Crippen LogP contribution in [0.1, 0.15) is 65.0 Å². The van der Waals surface area contributed by atoms with E-state index in [-0.39, 0.29) is 11.3 Å². The molecule has 1 aliphatic carbocycles. The third-order valence-electron chi connectivity index (χ3n) is 6.64. The van der Waals surface area contributed by atoms with Gasteiger partial charge in [0.25, 0.3) is 5.91 Å². The SMILES string of the molecule is CC1(C)C[C@H]1c1cccnc1[C@@H](NC(=O)c1ccc2cccnc2c1)c1ccc(CF)cc1. The molecule has 166 valence electrons. The molecule has 2 heterocycles. The summed E-state index contributed by atoms with van der Waals surface area (Å²) in [6.07, 6.45) is 4.57. The third-order valence-corrected chi connectivity index (χ3v) is 6.64. The van der Waals surface area contributed by atoms with Crippen molar-refractivity contribution in [2.24, 2.45) is 5.41 Å². The highest BCUT2D eigenvalue weighted by Gasteiger charge is 2.48. The molecule has 1 fully saturated rings. The van der Waals surface area contributed by atoms with Crippen LogP contribution in [0, 0.1) is 5.41 Å². The van der Waals surface area contributed by atoms with E-state index in [9.17, 15) is 9.18 Å². The Kier molecular flexibility index (Phi) is 5.41. The summed E-state index contributed by atoms with van der Waals surface area (Å²) in [7, 11) is 0. The van der Waals surface area contributed by atoms with E-state index >= 15 is 0 Å². The van der Waals surface area contributed by atoms with Gasteiger partial charge in [-0.1, -0.05) is 56.3 Å². The molecule has 0 spiro atoms. The number of halogens is 1. The normalized spacial score (nSPS) is 17.5. The smallest absolute Gasteiger partial charge is 0.252 e. The molecule has 0 bridgehead atoms. The second-order valence-electron chi connectivity index (χ2n) is 9.42. The molecule has 4 nitrogen and oxygen atoms in total. The minimum atomic E-state index is -0.521. The number of amides is 1. The maximum atomic E-state index is 13.4. The Morgan fingerprint density at radius 3 is 2.52 bits per heavy atom. The summed E-state index contributed by atoms with van der Waals surface area (Å²) in [4.78, 5) is 22.5. The quantitative estimate of drug-likeness (QED) is 0.393. The van der Waals surface area contributed by atoms with Crippen LogP contribution in [0.25, 0.3) is 10.9 Å². The Morgan fingerprint density at radius 2 is 1.79 bits per heavy atom. The van der Waals surface area contributed by atoms with Crippen LogP contribution in [0.2, 0.25) is 0 Å². The number of hydrogen-bond acceptors (Lipinski definition) is 3. The second kappa shape index (κ2) is 8.39. The van der Waals surface area contributed by atoms with E-state index < -0.39 is 12.7 Å². The number of carbonyl (C=O) groups is 1. The zero-order valence-electron chi connectivity index (χ0n) is 18.8. The van der Waals surface area contributed by atoms with Crippen molar-refractivity contribution >= 4 is 16.8 Å². The van der Waals surface area contributed by atoms with Gasteiger partial charge in [-0.2, -0.15) is 0 Å². The van der Waals surface area contributed by atoms with Crippen molar-refractivity contribution in [1.29, 1.82) is 0 Å². The first kappa shape index (κ1) is 21.3. The number of pyridine rings is 2. The van der Waals surface area contributed by atoms with Gasteiger partial charge < -0.3 is 5.32 Å². The lowest BCUT2D eigenvalue weighted by molar-refractivity contribution is 0.0942. The van der Waals surface area contributed by atoms with E-state index in [0.717, 1.165) is 34.1 Å². The van der Waals surface area contributed by atoms with E-state index in [1.54, 1.807) is 30.6 Å². The van der Waals surface area contributed by atoms with Crippen molar-refractivity contribution in [3.05, 3.63) is 107 Å². The summed E-state index contributed by atoms with van der Waals surface area (Å²) in [5.74, 6) is 0.198. The van der Waals surface area contributed by atoms with Gasteiger partial charge in [-0.25, -0.2) is 4.39 Å². The topological polar surface area (TPSA) is 54.9 Å². The first-order valence-electron chi connectivity index (χ1n) is 11.2. The average molecular weight is 440 g/mol. The largest absolute Gasteiger partial charge is 0.340 e. The molecule has 2 aromatic carbocycles. The third kappa shape index (κ3) is 4.23. The van der Waals surface area contributed by atoms with Gasteiger partial charge in [0.15, 0.2) is 0 Å². The van der Waals surface area contributed by atoms with Crippen molar-refractivity contribution in [2.75, 3.05) is 0 Å². The fourth-order valence-electron chi connectivity index (χ4n) is 4.49. The summed E-state index contributed by atoms with van der Waals surface area (Å²) in [6.45, 7) is 3.98. The summed E-state index contributed by atoms with van der Waals surface area (Å²) < 4.78 is 13.1. The lowest BCUT2D eigenvalue weighted by Gasteiger charge is -2.22. The van der Waals surface area contributed by atoms with Gasteiger partial charge in [0.2, 0.25) is 0 Å². The van der Waals surface area contributed by atoms with Gasteiger partial charge in [0, 0.05) is 23.3 Å². The molecule has 0 saturated heterocycles. The maximum Gasteiger partial charge on any atom is 0.252 e. The maximum absolute atomic E-state index is 13.4. The van der Waals surface area contributed by atoms with Crippen molar-refractivity contribution in [2.45, 2.75) is 38.9 Å². The Balaban J connectivity index is 1.54. The monoisotopic (exact) mass is 439 g/mol. The van der Waals surface area contributed by atoms with Crippen LogP contribution in [0.4, 0.5) is 4.39 Å². The van der Waals surface area contributed by atoms with Gasteiger partial charge >= 0.3 is 0 Å². The van der Waals surface area contributed by atoms with Crippen LogP contribution in [0.3, 0.4) is 0 Å². The molecular formula is C28H26FN3O. The summed E-state index contributed by atoms with van der Waals surface area (Å²) in [6, 6.07) is 20.2. The Labute approximate surface area is 192 Å². The van der Waals surface area contributed by atoms with Gasteiger partial charge in [-0.05, 0) is 58.7 Å². The van der Waals surface area contributed by atoms with Crippen LogP contribution in [-0.2, 0) is 6.67 Å². The van der Waals surface area contributed by atoms with E-state index in [1.807, 2.05) is 42.5 Å². The molecule has 2 atom stereocenters. The van der Waals surface area contributed by atoms with E-state index in [4.69, 9.17) is 4.98 Å². The second-order valence-corrected chi connectivity index (χ2v) is 9.42. The predicted octanol–water partition coefficient (Wildman–Crippen LogP) is 6.13. The lowest BCUT2D eigenvalue weighted by atomic mass is 9.93. The number of nitrogens with zero attached hydrogens (tertiary/aromatic N) is 2. The molecule has 4 aromatic rings. The van der Waals surface area contributed by atoms with Crippen LogP contribution >= 0.6 is 0 Å². The van der Waals surface area contributed by atoms with Crippen LogP contribution in [0.5, 0.6) is 0 Å². The molecule has 1 amide bonds. The minimum Gasteiger partial charge on any atom is -0.340 e. The lowest BCUT2D eigenvalue weighted by Crippen LogP contribution is -2.30. The summed E-state index contributed by atoms with van der Waals surface area (Å²) in [5, 5.41) is 4.18. The number of rotatable bonds is 6. The summed E-state index contributed by atoms with van der Waals surface area (Å²) in [5.41, 5.74) is 5.00. The van der Waals surface area contributed by atoms with Crippen LogP contribution < -0.4 is 5.32 Å². The molecule has 0 radical (unpaired) electrons. The molecule has 1 aliphatic rings. The van der Waals surface area contributed by atoms with Crippen molar-refractivity contribution in [1.82, 2.24) is 15.3 Å². The van der Waals surface area contributed by atoms with Crippen molar-refractivity contribution < 1.29 is 9.18 Å². The molecule has 2 aromatic heterocycles. The zero-order valence-corrected chi connectivity index (χ0v) is 18.8.